The summed E-state index contributed by atoms with van der Waals surface area (Å²) in [6.07, 6.45) is 7.36. The molecule has 0 N–H and O–H groups in total. The molecule has 1 aliphatic carbocycles. The maximum atomic E-state index is 3.99. The predicted octanol–water partition coefficient (Wildman–Crippen LogP) is 4.67. The van der Waals surface area contributed by atoms with Crippen molar-refractivity contribution in [3.8, 4) is 0 Å². The Hall–Kier alpha value is -1.04. The molecular formula is C14H22. The van der Waals surface area contributed by atoms with Crippen molar-refractivity contribution in [1.82, 2.24) is 0 Å². The Morgan fingerprint density at radius 1 is 1.50 bits per heavy atom. The first-order valence-corrected chi connectivity index (χ1v) is 5.36. The molecule has 0 radical (unpaired) electrons. The molecule has 0 aromatic carbocycles. The average molecular weight is 190 g/mol. The second kappa shape index (κ2) is 6.42. The third-order valence-corrected chi connectivity index (χ3v) is 2.37. The minimum atomic E-state index is 0.598. The summed E-state index contributed by atoms with van der Waals surface area (Å²) in [7, 11) is 0. The molecule has 0 fully saturated rings. The van der Waals surface area contributed by atoms with Gasteiger partial charge in [0.1, 0.15) is 0 Å². The van der Waals surface area contributed by atoms with Gasteiger partial charge in [0, 0.05) is 0 Å². The van der Waals surface area contributed by atoms with Gasteiger partial charge in [-0.1, -0.05) is 52.2 Å². The average Bonchev–Trinajstić information content (AvgIpc) is 2.20. The molecule has 0 spiro atoms. The number of hydrogen-bond acceptors (Lipinski definition) is 0. The molecule has 0 aromatic rings. The summed E-state index contributed by atoms with van der Waals surface area (Å²) in [5.41, 5.74) is 3.77. The third kappa shape index (κ3) is 3.02. The van der Waals surface area contributed by atoms with Crippen molar-refractivity contribution < 1.29 is 0 Å². The van der Waals surface area contributed by atoms with Crippen molar-refractivity contribution in [2.45, 2.75) is 34.1 Å². The fourth-order valence-electron chi connectivity index (χ4n) is 1.72. The molecule has 0 saturated heterocycles. The van der Waals surface area contributed by atoms with Gasteiger partial charge in [-0.3, -0.25) is 0 Å². The van der Waals surface area contributed by atoms with E-state index >= 15 is 0 Å². The lowest BCUT2D eigenvalue weighted by molar-refractivity contribution is 0.689. The summed E-state index contributed by atoms with van der Waals surface area (Å²) in [6, 6.07) is 0. The lowest BCUT2D eigenvalue weighted by atomic mass is 9.85. The molecule has 1 rings (SSSR count). The Balaban J connectivity index is 0.000000791. The van der Waals surface area contributed by atoms with Gasteiger partial charge < -0.3 is 0 Å². The second-order valence-corrected chi connectivity index (χ2v) is 3.37. The molecule has 0 nitrogen and oxygen atoms in total. The van der Waals surface area contributed by atoms with E-state index in [0.29, 0.717) is 5.92 Å². The van der Waals surface area contributed by atoms with E-state index in [2.05, 4.69) is 39.2 Å². The van der Waals surface area contributed by atoms with Crippen molar-refractivity contribution in [2.24, 2.45) is 5.92 Å². The molecule has 0 amide bonds. The fraction of sp³-hybridized carbons (Fsp3) is 0.429. The molecule has 1 aliphatic rings. The van der Waals surface area contributed by atoms with Crippen LogP contribution in [0.15, 0.2) is 48.1 Å². The maximum absolute atomic E-state index is 3.99. The van der Waals surface area contributed by atoms with Gasteiger partial charge in [0.05, 0.1) is 0 Å². The SMILES string of the molecule is C=CC(=C)C1=C(C)C=CCC1C.CC. The molecule has 0 heterocycles. The summed E-state index contributed by atoms with van der Waals surface area (Å²) >= 11 is 0. The summed E-state index contributed by atoms with van der Waals surface area (Å²) in [4.78, 5) is 0. The van der Waals surface area contributed by atoms with Crippen LogP contribution in [0.5, 0.6) is 0 Å². The smallest absolute Gasteiger partial charge is 0.0147 e. The minimum absolute atomic E-state index is 0.598. The van der Waals surface area contributed by atoms with Crippen LogP contribution in [-0.4, -0.2) is 0 Å². The van der Waals surface area contributed by atoms with Crippen molar-refractivity contribution in [2.75, 3.05) is 0 Å². The third-order valence-electron chi connectivity index (χ3n) is 2.37. The lowest BCUT2D eigenvalue weighted by Gasteiger charge is -2.20. The van der Waals surface area contributed by atoms with E-state index in [-0.39, 0.29) is 0 Å². The van der Waals surface area contributed by atoms with E-state index in [4.69, 9.17) is 0 Å². The maximum Gasteiger partial charge on any atom is -0.0147 e. The first-order chi connectivity index (χ1) is 6.66. The second-order valence-electron chi connectivity index (χ2n) is 3.37. The van der Waals surface area contributed by atoms with Crippen molar-refractivity contribution in [3.63, 3.8) is 0 Å². The van der Waals surface area contributed by atoms with Crippen molar-refractivity contribution in [1.29, 1.82) is 0 Å². The van der Waals surface area contributed by atoms with Crippen LogP contribution in [0.3, 0.4) is 0 Å². The van der Waals surface area contributed by atoms with Crippen LogP contribution >= 0.6 is 0 Å². The lowest BCUT2D eigenvalue weighted by Crippen LogP contribution is -2.05. The molecule has 0 saturated carbocycles. The molecule has 0 heteroatoms. The summed E-state index contributed by atoms with van der Waals surface area (Å²) in [5, 5.41) is 0. The molecule has 1 atom stereocenters. The summed E-state index contributed by atoms with van der Waals surface area (Å²) in [5.74, 6) is 0.598. The van der Waals surface area contributed by atoms with E-state index in [1.54, 1.807) is 0 Å². The van der Waals surface area contributed by atoms with Gasteiger partial charge in [-0.15, -0.1) is 0 Å². The Morgan fingerprint density at radius 3 is 2.50 bits per heavy atom. The van der Waals surface area contributed by atoms with E-state index < -0.39 is 0 Å². The number of hydrogen-bond donors (Lipinski definition) is 0. The fourth-order valence-corrected chi connectivity index (χ4v) is 1.72. The van der Waals surface area contributed by atoms with Crippen LogP contribution in [-0.2, 0) is 0 Å². The zero-order valence-corrected chi connectivity index (χ0v) is 9.93. The van der Waals surface area contributed by atoms with E-state index in [0.717, 1.165) is 12.0 Å². The van der Waals surface area contributed by atoms with Gasteiger partial charge in [-0.05, 0) is 36.0 Å². The van der Waals surface area contributed by atoms with Gasteiger partial charge in [-0.2, -0.15) is 0 Å². The Labute approximate surface area is 88.7 Å². The molecule has 78 valence electrons. The first-order valence-electron chi connectivity index (χ1n) is 5.36. The minimum Gasteiger partial charge on any atom is -0.0985 e. The number of rotatable bonds is 2. The molecule has 0 bridgehead atoms. The Kier molecular flexibility index (Phi) is 5.94. The zero-order valence-electron chi connectivity index (χ0n) is 9.93. The van der Waals surface area contributed by atoms with Crippen LogP contribution in [0.25, 0.3) is 0 Å². The van der Waals surface area contributed by atoms with E-state index in [1.165, 1.54) is 11.1 Å². The largest absolute Gasteiger partial charge is 0.0985 e. The standard InChI is InChI=1S/C12H16.C2H6/c1-5-9(2)12-10(3)7-6-8-11(12)4;1-2/h5-7,11H,1-2,8H2,3-4H3;1-2H3. The highest BCUT2D eigenvalue weighted by Gasteiger charge is 2.14. The van der Waals surface area contributed by atoms with Gasteiger partial charge in [-0.25, -0.2) is 0 Å². The van der Waals surface area contributed by atoms with Gasteiger partial charge in [0.2, 0.25) is 0 Å². The van der Waals surface area contributed by atoms with Gasteiger partial charge >= 0.3 is 0 Å². The van der Waals surface area contributed by atoms with Crippen LogP contribution in [0.1, 0.15) is 34.1 Å². The summed E-state index contributed by atoms with van der Waals surface area (Å²) in [6.45, 7) is 16.1. The normalized spacial score (nSPS) is 19.9. The van der Waals surface area contributed by atoms with Gasteiger partial charge in [0.25, 0.3) is 0 Å². The topological polar surface area (TPSA) is 0 Å². The van der Waals surface area contributed by atoms with Gasteiger partial charge in [0.15, 0.2) is 0 Å². The molecule has 0 aromatic heterocycles. The predicted molar refractivity (Wildman–Crippen MR) is 66.3 cm³/mol. The van der Waals surface area contributed by atoms with Crippen LogP contribution in [0.4, 0.5) is 0 Å². The first kappa shape index (κ1) is 13.0. The highest BCUT2D eigenvalue weighted by atomic mass is 14.2. The monoisotopic (exact) mass is 190 g/mol. The Bertz CT molecular complexity index is 264. The summed E-state index contributed by atoms with van der Waals surface area (Å²) < 4.78 is 0. The van der Waals surface area contributed by atoms with E-state index in [1.807, 2.05) is 19.9 Å². The van der Waals surface area contributed by atoms with Crippen molar-refractivity contribution in [3.05, 3.63) is 48.1 Å². The zero-order chi connectivity index (χ0) is 11.1. The molecule has 0 aliphatic heterocycles. The molecule has 1 unspecified atom stereocenters. The number of allylic oxidation sites excluding steroid dienone is 6. The van der Waals surface area contributed by atoms with E-state index in [9.17, 15) is 0 Å². The van der Waals surface area contributed by atoms with Crippen LogP contribution in [0.2, 0.25) is 0 Å². The molecule has 14 heavy (non-hydrogen) atoms. The quantitative estimate of drug-likeness (QED) is 0.555. The molecular weight excluding hydrogens is 168 g/mol. The van der Waals surface area contributed by atoms with Crippen LogP contribution < -0.4 is 0 Å². The highest BCUT2D eigenvalue weighted by Crippen LogP contribution is 2.29. The highest BCUT2D eigenvalue weighted by molar-refractivity contribution is 5.46. The Morgan fingerprint density at radius 2 is 2.07 bits per heavy atom. The van der Waals surface area contributed by atoms with Crippen LogP contribution in [0, 0.1) is 5.92 Å². The van der Waals surface area contributed by atoms with Crippen molar-refractivity contribution >= 4 is 0 Å².